The van der Waals surface area contributed by atoms with Gasteiger partial charge in [-0.3, -0.25) is 4.79 Å². The van der Waals surface area contributed by atoms with Gasteiger partial charge in [0, 0.05) is 18.0 Å². The second-order valence-corrected chi connectivity index (χ2v) is 3.33. The normalized spacial score (nSPS) is 10.1. The molecule has 0 fully saturated rings. The lowest BCUT2D eigenvalue weighted by Gasteiger charge is -2.05. The van der Waals surface area contributed by atoms with E-state index in [-0.39, 0.29) is 0 Å². The summed E-state index contributed by atoms with van der Waals surface area (Å²) in [6.07, 6.45) is 4.58. The Morgan fingerprint density at radius 2 is 1.93 bits per heavy atom. The third kappa shape index (κ3) is 1.56. The van der Waals surface area contributed by atoms with E-state index >= 15 is 0 Å². The summed E-state index contributed by atoms with van der Waals surface area (Å²) in [5.74, 6) is 0. The second-order valence-electron chi connectivity index (χ2n) is 2.92. The molecule has 1 heterocycles. The molecule has 2 rings (SSSR count). The first-order chi connectivity index (χ1) is 6.81. The van der Waals surface area contributed by atoms with Crippen molar-refractivity contribution in [2.45, 2.75) is 0 Å². The van der Waals surface area contributed by atoms with Crippen molar-refractivity contribution < 1.29 is 4.79 Å². The molecular formula is C11H8ClNO. The third-order valence-corrected chi connectivity index (χ3v) is 2.31. The summed E-state index contributed by atoms with van der Waals surface area (Å²) >= 11 is 6.01. The summed E-state index contributed by atoms with van der Waals surface area (Å²) in [6, 6.07) is 8.99. The zero-order valence-corrected chi connectivity index (χ0v) is 8.11. The largest absolute Gasteiger partial charge is 0.322 e. The molecule has 0 amide bonds. The fourth-order valence-electron chi connectivity index (χ4n) is 1.30. The Morgan fingerprint density at radius 1 is 1.21 bits per heavy atom. The molecule has 14 heavy (non-hydrogen) atoms. The molecule has 1 aromatic carbocycles. The number of carbonyl (C=O) groups excluding carboxylic acids is 1. The quantitative estimate of drug-likeness (QED) is 0.691. The maximum absolute atomic E-state index is 10.6. The standard InChI is InChI=1S/C11H8ClNO/c12-10-4-3-9(8-14)7-11(10)13-5-1-2-6-13/h1-8H. The fraction of sp³-hybridized carbons (Fsp3) is 0. The van der Waals surface area contributed by atoms with E-state index in [0.29, 0.717) is 10.6 Å². The molecule has 0 N–H and O–H groups in total. The van der Waals surface area contributed by atoms with Gasteiger partial charge >= 0.3 is 0 Å². The Kier molecular flexibility index (Phi) is 2.37. The highest BCUT2D eigenvalue weighted by atomic mass is 35.5. The molecule has 0 unspecified atom stereocenters. The minimum Gasteiger partial charge on any atom is -0.322 e. The van der Waals surface area contributed by atoms with Gasteiger partial charge in [-0.15, -0.1) is 0 Å². The Balaban J connectivity index is 2.57. The van der Waals surface area contributed by atoms with E-state index in [4.69, 9.17) is 11.6 Å². The lowest BCUT2D eigenvalue weighted by Crippen LogP contribution is -1.92. The monoisotopic (exact) mass is 205 g/mol. The molecule has 2 nitrogen and oxygen atoms in total. The number of carbonyl (C=O) groups is 1. The summed E-state index contributed by atoms with van der Waals surface area (Å²) in [7, 11) is 0. The van der Waals surface area contributed by atoms with Crippen LogP contribution in [-0.4, -0.2) is 10.9 Å². The van der Waals surface area contributed by atoms with Crippen LogP contribution in [0.1, 0.15) is 10.4 Å². The van der Waals surface area contributed by atoms with Crippen LogP contribution in [0, 0.1) is 0 Å². The Bertz CT molecular complexity index is 448. The van der Waals surface area contributed by atoms with Gasteiger partial charge in [0.2, 0.25) is 0 Å². The van der Waals surface area contributed by atoms with Crippen molar-refractivity contribution in [1.29, 1.82) is 0 Å². The summed E-state index contributed by atoms with van der Waals surface area (Å²) in [4.78, 5) is 10.6. The Labute approximate surface area is 86.7 Å². The summed E-state index contributed by atoms with van der Waals surface area (Å²) < 4.78 is 1.87. The number of hydrogen-bond acceptors (Lipinski definition) is 1. The van der Waals surface area contributed by atoms with E-state index in [1.807, 2.05) is 29.1 Å². The molecule has 0 saturated carbocycles. The summed E-state index contributed by atoms with van der Waals surface area (Å²) in [5.41, 5.74) is 1.44. The van der Waals surface area contributed by atoms with Crippen molar-refractivity contribution in [3.8, 4) is 5.69 Å². The van der Waals surface area contributed by atoms with Gasteiger partial charge in [-0.05, 0) is 24.3 Å². The van der Waals surface area contributed by atoms with Gasteiger partial charge in [-0.25, -0.2) is 0 Å². The maximum atomic E-state index is 10.6. The van der Waals surface area contributed by atoms with Crippen LogP contribution in [-0.2, 0) is 0 Å². The molecule has 0 bridgehead atoms. The molecule has 0 radical (unpaired) electrons. The van der Waals surface area contributed by atoms with Gasteiger partial charge in [0.05, 0.1) is 10.7 Å². The number of nitrogens with zero attached hydrogens (tertiary/aromatic N) is 1. The average Bonchev–Trinajstić information content (AvgIpc) is 2.71. The first kappa shape index (κ1) is 9.03. The lowest BCUT2D eigenvalue weighted by molar-refractivity contribution is 0.112. The number of rotatable bonds is 2. The van der Waals surface area contributed by atoms with Gasteiger partial charge in [0.15, 0.2) is 0 Å². The van der Waals surface area contributed by atoms with E-state index in [2.05, 4.69) is 0 Å². The van der Waals surface area contributed by atoms with E-state index in [0.717, 1.165) is 12.0 Å². The predicted molar refractivity (Wildman–Crippen MR) is 56.2 cm³/mol. The van der Waals surface area contributed by atoms with E-state index < -0.39 is 0 Å². The van der Waals surface area contributed by atoms with Crippen molar-refractivity contribution in [2.24, 2.45) is 0 Å². The molecule has 70 valence electrons. The van der Waals surface area contributed by atoms with Gasteiger partial charge in [0.25, 0.3) is 0 Å². The van der Waals surface area contributed by atoms with Crippen molar-refractivity contribution in [2.75, 3.05) is 0 Å². The number of aldehydes is 1. The lowest BCUT2D eigenvalue weighted by atomic mass is 10.2. The van der Waals surface area contributed by atoms with E-state index in [9.17, 15) is 4.79 Å². The zero-order chi connectivity index (χ0) is 9.97. The highest BCUT2D eigenvalue weighted by Gasteiger charge is 2.02. The molecule has 0 aliphatic rings. The van der Waals surface area contributed by atoms with Crippen LogP contribution in [0.5, 0.6) is 0 Å². The van der Waals surface area contributed by atoms with Crippen LogP contribution >= 0.6 is 11.6 Å². The van der Waals surface area contributed by atoms with Crippen LogP contribution in [0.2, 0.25) is 5.02 Å². The molecule has 0 aliphatic heterocycles. The van der Waals surface area contributed by atoms with Crippen LogP contribution in [0.3, 0.4) is 0 Å². The Morgan fingerprint density at radius 3 is 2.57 bits per heavy atom. The predicted octanol–water partition coefficient (Wildman–Crippen LogP) is 2.94. The van der Waals surface area contributed by atoms with Gasteiger partial charge < -0.3 is 4.57 Å². The molecule has 0 saturated heterocycles. The highest BCUT2D eigenvalue weighted by Crippen LogP contribution is 2.21. The van der Waals surface area contributed by atoms with Crippen LogP contribution in [0.4, 0.5) is 0 Å². The first-order valence-corrected chi connectivity index (χ1v) is 4.57. The minimum absolute atomic E-state index is 0.623. The smallest absolute Gasteiger partial charge is 0.150 e. The molecule has 3 heteroatoms. The van der Waals surface area contributed by atoms with Crippen molar-refractivity contribution in [3.63, 3.8) is 0 Å². The van der Waals surface area contributed by atoms with Gasteiger partial charge in [-0.1, -0.05) is 17.7 Å². The number of benzene rings is 1. The number of aromatic nitrogens is 1. The number of hydrogen-bond donors (Lipinski definition) is 0. The SMILES string of the molecule is O=Cc1ccc(Cl)c(-n2cccc2)c1. The molecular weight excluding hydrogens is 198 g/mol. The number of halogens is 1. The summed E-state index contributed by atoms with van der Waals surface area (Å²) in [5, 5.41) is 0.631. The van der Waals surface area contributed by atoms with Crippen LogP contribution < -0.4 is 0 Å². The van der Waals surface area contributed by atoms with Crippen molar-refractivity contribution in [3.05, 3.63) is 53.3 Å². The third-order valence-electron chi connectivity index (χ3n) is 1.99. The first-order valence-electron chi connectivity index (χ1n) is 4.19. The van der Waals surface area contributed by atoms with Crippen LogP contribution in [0.25, 0.3) is 5.69 Å². The molecule has 0 aliphatic carbocycles. The average molecular weight is 206 g/mol. The molecule has 0 atom stereocenters. The van der Waals surface area contributed by atoms with Crippen molar-refractivity contribution >= 4 is 17.9 Å². The van der Waals surface area contributed by atoms with E-state index in [1.165, 1.54) is 0 Å². The highest BCUT2D eigenvalue weighted by molar-refractivity contribution is 6.32. The topological polar surface area (TPSA) is 22.0 Å². The molecule has 0 spiro atoms. The summed E-state index contributed by atoms with van der Waals surface area (Å²) in [6.45, 7) is 0. The fourth-order valence-corrected chi connectivity index (χ4v) is 1.51. The van der Waals surface area contributed by atoms with E-state index in [1.54, 1.807) is 18.2 Å². The second kappa shape index (κ2) is 3.68. The van der Waals surface area contributed by atoms with Crippen LogP contribution in [0.15, 0.2) is 42.7 Å². The van der Waals surface area contributed by atoms with Gasteiger partial charge in [-0.2, -0.15) is 0 Å². The van der Waals surface area contributed by atoms with Crippen molar-refractivity contribution in [1.82, 2.24) is 4.57 Å². The van der Waals surface area contributed by atoms with Gasteiger partial charge in [0.1, 0.15) is 6.29 Å². The maximum Gasteiger partial charge on any atom is 0.150 e. The minimum atomic E-state index is 0.623. The Hall–Kier alpha value is -1.54. The molecule has 1 aromatic heterocycles. The molecule has 2 aromatic rings. The zero-order valence-electron chi connectivity index (χ0n) is 7.35.